The van der Waals surface area contributed by atoms with Crippen LogP contribution < -0.4 is 4.90 Å². The fourth-order valence-electron chi connectivity index (χ4n) is 1.47. The van der Waals surface area contributed by atoms with Crippen molar-refractivity contribution in [2.24, 2.45) is 0 Å². The van der Waals surface area contributed by atoms with E-state index in [-0.39, 0.29) is 0 Å². The summed E-state index contributed by atoms with van der Waals surface area (Å²) in [6, 6.07) is 0. The van der Waals surface area contributed by atoms with Crippen molar-refractivity contribution in [3.8, 4) is 0 Å². The predicted octanol–water partition coefficient (Wildman–Crippen LogP) is 1.37. The molecule has 2 heterocycles. The highest BCUT2D eigenvalue weighted by Crippen LogP contribution is 2.22. The third-order valence-corrected chi connectivity index (χ3v) is 3.00. The molecule has 1 atom stereocenters. The van der Waals surface area contributed by atoms with E-state index in [1.165, 1.54) is 0 Å². The van der Waals surface area contributed by atoms with E-state index in [4.69, 9.17) is 4.74 Å². The molecule has 3 nitrogen and oxygen atoms in total. The van der Waals surface area contributed by atoms with Crippen molar-refractivity contribution in [3.63, 3.8) is 0 Å². The van der Waals surface area contributed by atoms with Gasteiger partial charge in [0.15, 0.2) is 5.13 Å². The Morgan fingerprint density at radius 1 is 1.75 bits per heavy atom. The summed E-state index contributed by atoms with van der Waals surface area (Å²) in [6.45, 7) is 2.07. The van der Waals surface area contributed by atoms with Crippen LogP contribution in [0.4, 0.5) is 5.13 Å². The lowest BCUT2D eigenvalue weighted by molar-refractivity contribution is 0.121. The highest BCUT2D eigenvalue weighted by Gasteiger charge is 2.23. The maximum absolute atomic E-state index is 5.27. The number of hydrogen-bond acceptors (Lipinski definition) is 4. The summed E-state index contributed by atoms with van der Waals surface area (Å²) in [5, 5.41) is 3.13. The van der Waals surface area contributed by atoms with Crippen molar-refractivity contribution < 1.29 is 4.74 Å². The molecule has 0 spiro atoms. The first-order valence-electron chi connectivity index (χ1n) is 4.07. The Morgan fingerprint density at radius 3 is 3.25 bits per heavy atom. The lowest BCUT2D eigenvalue weighted by Crippen LogP contribution is -2.21. The summed E-state index contributed by atoms with van der Waals surface area (Å²) in [5.41, 5.74) is 0. The van der Waals surface area contributed by atoms with E-state index in [0.717, 1.165) is 24.6 Å². The summed E-state index contributed by atoms with van der Waals surface area (Å²) in [6.07, 6.45) is 3.37. The summed E-state index contributed by atoms with van der Waals surface area (Å²) >= 11 is 1.69. The molecule has 1 aliphatic rings. The predicted molar refractivity (Wildman–Crippen MR) is 49.7 cm³/mol. The van der Waals surface area contributed by atoms with Crippen LogP contribution in [0.5, 0.6) is 0 Å². The lowest BCUT2D eigenvalue weighted by Gasteiger charge is -2.13. The Morgan fingerprint density at radius 2 is 2.67 bits per heavy atom. The Hall–Kier alpha value is -0.610. The molecule has 0 bridgehead atoms. The van der Waals surface area contributed by atoms with Gasteiger partial charge in [-0.1, -0.05) is 0 Å². The number of rotatable bonds is 2. The van der Waals surface area contributed by atoms with E-state index in [1.54, 1.807) is 18.4 Å². The van der Waals surface area contributed by atoms with Gasteiger partial charge in [0, 0.05) is 31.8 Å². The second-order valence-corrected chi connectivity index (χ2v) is 3.78. The van der Waals surface area contributed by atoms with Gasteiger partial charge in [0.1, 0.15) is 0 Å². The minimum absolute atomic E-state index is 0.397. The summed E-state index contributed by atoms with van der Waals surface area (Å²) in [4.78, 5) is 6.53. The zero-order valence-corrected chi connectivity index (χ0v) is 7.88. The van der Waals surface area contributed by atoms with E-state index in [1.807, 2.05) is 11.6 Å². The van der Waals surface area contributed by atoms with Gasteiger partial charge in [-0.25, -0.2) is 4.98 Å². The van der Waals surface area contributed by atoms with Crippen LogP contribution in [0.1, 0.15) is 6.42 Å². The summed E-state index contributed by atoms with van der Waals surface area (Å²) < 4.78 is 5.27. The number of hydrogen-bond donors (Lipinski definition) is 0. The molecule has 1 saturated heterocycles. The second-order valence-electron chi connectivity index (χ2n) is 2.91. The van der Waals surface area contributed by atoms with Crippen molar-refractivity contribution in [2.75, 3.05) is 25.1 Å². The molecular weight excluding hydrogens is 172 g/mol. The van der Waals surface area contributed by atoms with Gasteiger partial charge in [0.2, 0.25) is 0 Å². The van der Waals surface area contributed by atoms with Crippen LogP contribution in [0.3, 0.4) is 0 Å². The average molecular weight is 184 g/mol. The van der Waals surface area contributed by atoms with Gasteiger partial charge >= 0.3 is 0 Å². The van der Waals surface area contributed by atoms with E-state index in [0.29, 0.717) is 6.10 Å². The van der Waals surface area contributed by atoms with Gasteiger partial charge < -0.3 is 9.64 Å². The van der Waals surface area contributed by atoms with Crippen LogP contribution in [-0.2, 0) is 4.74 Å². The molecule has 4 heteroatoms. The summed E-state index contributed by atoms with van der Waals surface area (Å²) in [7, 11) is 1.77. The molecule has 1 fully saturated rings. The molecule has 1 aromatic rings. The van der Waals surface area contributed by atoms with Gasteiger partial charge in [-0.2, -0.15) is 0 Å². The monoisotopic (exact) mass is 184 g/mol. The number of nitrogens with zero attached hydrogens (tertiary/aromatic N) is 2. The first-order valence-corrected chi connectivity index (χ1v) is 4.95. The van der Waals surface area contributed by atoms with Crippen molar-refractivity contribution in [3.05, 3.63) is 11.6 Å². The second kappa shape index (κ2) is 3.41. The van der Waals surface area contributed by atoms with Crippen LogP contribution in [0.25, 0.3) is 0 Å². The molecule has 12 heavy (non-hydrogen) atoms. The van der Waals surface area contributed by atoms with E-state index >= 15 is 0 Å². The molecule has 0 aliphatic carbocycles. The number of anilines is 1. The number of ether oxygens (including phenoxy) is 1. The Kier molecular flexibility index (Phi) is 2.28. The Labute approximate surface area is 76.0 Å². The van der Waals surface area contributed by atoms with Crippen molar-refractivity contribution in [1.29, 1.82) is 0 Å². The van der Waals surface area contributed by atoms with Crippen LogP contribution in [0.2, 0.25) is 0 Å². The lowest BCUT2D eigenvalue weighted by atomic mass is 10.3. The molecule has 1 aromatic heterocycles. The molecular formula is C8H12N2OS. The number of methoxy groups -OCH3 is 1. The van der Waals surface area contributed by atoms with Crippen LogP contribution in [0, 0.1) is 0 Å². The fourth-order valence-corrected chi connectivity index (χ4v) is 2.15. The molecule has 2 rings (SSSR count). The maximum Gasteiger partial charge on any atom is 0.185 e. The Bertz CT molecular complexity index is 237. The van der Waals surface area contributed by atoms with Crippen molar-refractivity contribution in [2.45, 2.75) is 12.5 Å². The molecule has 0 saturated carbocycles. The van der Waals surface area contributed by atoms with Gasteiger partial charge in [-0.3, -0.25) is 0 Å². The maximum atomic E-state index is 5.27. The molecule has 0 amide bonds. The Balaban J connectivity index is 2.00. The van der Waals surface area contributed by atoms with E-state index in [9.17, 15) is 0 Å². The minimum Gasteiger partial charge on any atom is -0.380 e. The highest BCUT2D eigenvalue weighted by atomic mass is 32.1. The van der Waals surface area contributed by atoms with Gasteiger partial charge in [0.25, 0.3) is 0 Å². The zero-order chi connectivity index (χ0) is 8.39. The van der Waals surface area contributed by atoms with Crippen molar-refractivity contribution >= 4 is 16.5 Å². The first-order chi connectivity index (χ1) is 5.90. The minimum atomic E-state index is 0.397. The van der Waals surface area contributed by atoms with Crippen LogP contribution >= 0.6 is 11.3 Å². The zero-order valence-electron chi connectivity index (χ0n) is 7.06. The van der Waals surface area contributed by atoms with Gasteiger partial charge in [-0.15, -0.1) is 11.3 Å². The van der Waals surface area contributed by atoms with Crippen LogP contribution in [-0.4, -0.2) is 31.3 Å². The summed E-state index contributed by atoms with van der Waals surface area (Å²) in [5.74, 6) is 0. The standard InChI is InChI=1S/C8H12N2OS/c1-11-7-2-4-10(6-7)8-9-3-5-12-8/h3,5,7H,2,4,6H2,1H3/t7-/m1/s1. The highest BCUT2D eigenvalue weighted by molar-refractivity contribution is 7.13. The molecule has 0 N–H and O–H groups in total. The van der Waals surface area contributed by atoms with E-state index in [2.05, 4.69) is 9.88 Å². The first kappa shape index (κ1) is 8.01. The SMILES string of the molecule is CO[C@@H]1CCN(c2nccs2)C1. The third-order valence-electron chi connectivity index (χ3n) is 2.17. The number of thiazole rings is 1. The molecule has 0 unspecified atom stereocenters. The fraction of sp³-hybridized carbons (Fsp3) is 0.625. The van der Waals surface area contributed by atoms with Crippen molar-refractivity contribution in [1.82, 2.24) is 4.98 Å². The van der Waals surface area contributed by atoms with Gasteiger partial charge in [0.05, 0.1) is 6.10 Å². The molecule has 66 valence electrons. The molecule has 1 aliphatic heterocycles. The van der Waals surface area contributed by atoms with Crippen LogP contribution in [0.15, 0.2) is 11.6 Å². The number of aromatic nitrogens is 1. The molecule has 0 aromatic carbocycles. The average Bonchev–Trinajstić information content (AvgIpc) is 2.75. The third kappa shape index (κ3) is 1.44. The normalized spacial score (nSPS) is 23.4. The quantitative estimate of drug-likeness (QED) is 0.694. The van der Waals surface area contributed by atoms with E-state index < -0.39 is 0 Å². The smallest absolute Gasteiger partial charge is 0.185 e. The topological polar surface area (TPSA) is 25.4 Å². The largest absolute Gasteiger partial charge is 0.380 e. The molecule has 0 radical (unpaired) electrons. The van der Waals surface area contributed by atoms with Gasteiger partial charge in [-0.05, 0) is 6.42 Å².